The van der Waals surface area contributed by atoms with Crippen LogP contribution in [0.5, 0.6) is 0 Å². The van der Waals surface area contributed by atoms with Gasteiger partial charge in [0.05, 0.1) is 0 Å². The van der Waals surface area contributed by atoms with Crippen molar-refractivity contribution >= 4 is 0 Å². The molecule has 0 saturated carbocycles. The summed E-state index contributed by atoms with van der Waals surface area (Å²) in [6.45, 7) is 9.74. The van der Waals surface area contributed by atoms with E-state index in [2.05, 4.69) is 24.1 Å². The second kappa shape index (κ2) is 7.44. The van der Waals surface area contributed by atoms with Crippen molar-refractivity contribution in [1.82, 2.24) is 10.2 Å². The molecule has 0 aromatic heterocycles. The first-order valence-electron chi connectivity index (χ1n) is 6.49. The number of rotatable bonds is 7. The summed E-state index contributed by atoms with van der Waals surface area (Å²) in [6.07, 6.45) is 0. The average Bonchev–Trinajstić information content (AvgIpc) is 2.37. The maximum atomic E-state index is 13.5. The molecule has 0 spiro atoms. The largest absolute Gasteiger partial charge is 0.309 e. The van der Waals surface area contributed by atoms with Crippen molar-refractivity contribution < 1.29 is 8.78 Å². The van der Waals surface area contributed by atoms with E-state index in [1.165, 1.54) is 12.1 Å². The SMILES string of the molecule is CCN(CC)CCNC(C)c1cc(F)ccc1F. The molecule has 0 bridgehead atoms. The fourth-order valence-corrected chi connectivity index (χ4v) is 1.94. The van der Waals surface area contributed by atoms with E-state index in [-0.39, 0.29) is 11.9 Å². The molecular weight excluding hydrogens is 234 g/mol. The zero-order chi connectivity index (χ0) is 13.5. The molecule has 0 aliphatic carbocycles. The molecule has 0 heterocycles. The van der Waals surface area contributed by atoms with Crippen LogP contribution in [0, 0.1) is 11.6 Å². The maximum absolute atomic E-state index is 13.5. The van der Waals surface area contributed by atoms with Crippen LogP contribution in [0.4, 0.5) is 8.78 Å². The van der Waals surface area contributed by atoms with Crippen molar-refractivity contribution in [2.75, 3.05) is 26.2 Å². The highest BCUT2D eigenvalue weighted by Gasteiger charge is 2.11. The maximum Gasteiger partial charge on any atom is 0.128 e. The van der Waals surface area contributed by atoms with Gasteiger partial charge in [0.25, 0.3) is 0 Å². The minimum Gasteiger partial charge on any atom is -0.309 e. The summed E-state index contributed by atoms with van der Waals surface area (Å²) in [7, 11) is 0. The number of nitrogens with one attached hydrogen (secondary N) is 1. The Morgan fingerprint density at radius 1 is 1.22 bits per heavy atom. The minimum absolute atomic E-state index is 0.184. The molecule has 1 rings (SSSR count). The molecule has 0 amide bonds. The van der Waals surface area contributed by atoms with Crippen LogP contribution in [-0.2, 0) is 0 Å². The van der Waals surface area contributed by atoms with Crippen molar-refractivity contribution in [2.45, 2.75) is 26.8 Å². The molecule has 0 aliphatic heterocycles. The van der Waals surface area contributed by atoms with Crippen molar-refractivity contribution in [2.24, 2.45) is 0 Å². The molecule has 0 radical (unpaired) electrons. The number of benzene rings is 1. The van der Waals surface area contributed by atoms with Crippen molar-refractivity contribution in [3.63, 3.8) is 0 Å². The summed E-state index contributed by atoms with van der Waals surface area (Å²) in [5, 5.41) is 3.22. The van der Waals surface area contributed by atoms with Crippen molar-refractivity contribution in [3.8, 4) is 0 Å². The average molecular weight is 256 g/mol. The minimum atomic E-state index is -0.399. The van der Waals surface area contributed by atoms with Gasteiger partial charge in [-0.05, 0) is 38.2 Å². The predicted octanol–water partition coefficient (Wildman–Crippen LogP) is 2.96. The number of nitrogens with zero attached hydrogens (tertiary/aromatic N) is 1. The Morgan fingerprint density at radius 2 is 1.89 bits per heavy atom. The first kappa shape index (κ1) is 15.1. The molecule has 102 valence electrons. The lowest BCUT2D eigenvalue weighted by molar-refractivity contribution is 0.297. The van der Waals surface area contributed by atoms with E-state index in [1.54, 1.807) is 0 Å². The van der Waals surface area contributed by atoms with Crippen molar-refractivity contribution in [3.05, 3.63) is 35.4 Å². The molecule has 1 aromatic carbocycles. The monoisotopic (exact) mass is 256 g/mol. The van der Waals surface area contributed by atoms with Gasteiger partial charge in [-0.1, -0.05) is 13.8 Å². The third-order valence-corrected chi connectivity index (χ3v) is 3.20. The first-order chi connectivity index (χ1) is 8.58. The van der Waals surface area contributed by atoms with Gasteiger partial charge in [0, 0.05) is 24.7 Å². The van der Waals surface area contributed by atoms with E-state index >= 15 is 0 Å². The highest BCUT2D eigenvalue weighted by atomic mass is 19.1. The lowest BCUT2D eigenvalue weighted by Crippen LogP contribution is -2.33. The van der Waals surface area contributed by atoms with Crippen LogP contribution in [0.25, 0.3) is 0 Å². The van der Waals surface area contributed by atoms with Gasteiger partial charge in [0.2, 0.25) is 0 Å². The van der Waals surface area contributed by atoms with E-state index < -0.39 is 5.82 Å². The van der Waals surface area contributed by atoms with Crippen LogP contribution in [0.15, 0.2) is 18.2 Å². The first-order valence-corrected chi connectivity index (χ1v) is 6.49. The Morgan fingerprint density at radius 3 is 2.50 bits per heavy atom. The lowest BCUT2D eigenvalue weighted by atomic mass is 10.1. The quantitative estimate of drug-likeness (QED) is 0.807. The van der Waals surface area contributed by atoms with Gasteiger partial charge >= 0.3 is 0 Å². The van der Waals surface area contributed by atoms with Gasteiger partial charge < -0.3 is 10.2 Å². The summed E-state index contributed by atoms with van der Waals surface area (Å²) in [5.74, 6) is -0.761. The summed E-state index contributed by atoms with van der Waals surface area (Å²) in [4.78, 5) is 2.28. The Balaban J connectivity index is 2.50. The summed E-state index contributed by atoms with van der Waals surface area (Å²) >= 11 is 0. The molecule has 4 heteroatoms. The van der Waals surface area contributed by atoms with Gasteiger partial charge in [0.15, 0.2) is 0 Å². The third-order valence-electron chi connectivity index (χ3n) is 3.20. The van der Waals surface area contributed by atoms with Gasteiger partial charge in [-0.15, -0.1) is 0 Å². The molecule has 0 fully saturated rings. The zero-order valence-corrected chi connectivity index (χ0v) is 11.3. The van der Waals surface area contributed by atoms with E-state index in [0.717, 1.165) is 32.2 Å². The topological polar surface area (TPSA) is 15.3 Å². The molecule has 1 unspecified atom stereocenters. The molecule has 18 heavy (non-hydrogen) atoms. The number of halogens is 2. The van der Waals surface area contributed by atoms with Crippen LogP contribution in [0.1, 0.15) is 32.4 Å². The number of hydrogen-bond donors (Lipinski definition) is 1. The van der Waals surface area contributed by atoms with Crippen molar-refractivity contribution in [1.29, 1.82) is 0 Å². The number of hydrogen-bond acceptors (Lipinski definition) is 2. The zero-order valence-electron chi connectivity index (χ0n) is 11.3. The molecular formula is C14H22F2N2. The molecule has 1 N–H and O–H groups in total. The molecule has 0 saturated heterocycles. The fourth-order valence-electron chi connectivity index (χ4n) is 1.94. The number of likely N-dealkylation sites (N-methyl/N-ethyl adjacent to an activating group) is 1. The normalized spacial score (nSPS) is 13.0. The van der Waals surface area contributed by atoms with Crippen LogP contribution in [-0.4, -0.2) is 31.1 Å². The third kappa shape index (κ3) is 4.35. The van der Waals surface area contributed by atoms with Gasteiger partial charge in [-0.2, -0.15) is 0 Å². The Bertz CT molecular complexity index is 365. The highest BCUT2D eigenvalue weighted by molar-refractivity contribution is 5.21. The molecule has 1 atom stereocenters. The van der Waals surface area contributed by atoms with Crippen LogP contribution in [0.3, 0.4) is 0 Å². The van der Waals surface area contributed by atoms with Crippen LogP contribution < -0.4 is 5.32 Å². The Hall–Kier alpha value is -1.00. The Kier molecular flexibility index (Phi) is 6.22. The van der Waals surface area contributed by atoms with E-state index in [1.807, 2.05) is 6.92 Å². The second-order valence-electron chi connectivity index (χ2n) is 4.37. The molecule has 2 nitrogen and oxygen atoms in total. The van der Waals surface area contributed by atoms with E-state index in [9.17, 15) is 8.78 Å². The highest BCUT2D eigenvalue weighted by Crippen LogP contribution is 2.17. The standard InChI is InChI=1S/C14H22F2N2/c1-4-18(5-2)9-8-17-11(3)13-10-12(15)6-7-14(13)16/h6-7,10-11,17H,4-5,8-9H2,1-3H3. The van der Waals surface area contributed by atoms with Crippen LogP contribution >= 0.6 is 0 Å². The smallest absolute Gasteiger partial charge is 0.128 e. The van der Waals surface area contributed by atoms with Gasteiger partial charge in [-0.3, -0.25) is 0 Å². The summed E-state index contributed by atoms with van der Waals surface area (Å²) in [6, 6.07) is 3.38. The van der Waals surface area contributed by atoms with Crippen LogP contribution in [0.2, 0.25) is 0 Å². The van der Waals surface area contributed by atoms with E-state index in [0.29, 0.717) is 5.56 Å². The lowest BCUT2D eigenvalue weighted by Gasteiger charge is -2.20. The van der Waals surface area contributed by atoms with Gasteiger partial charge in [-0.25, -0.2) is 8.78 Å². The van der Waals surface area contributed by atoms with Gasteiger partial charge in [0.1, 0.15) is 11.6 Å². The summed E-state index contributed by atoms with van der Waals surface area (Å²) < 4.78 is 26.6. The molecule has 1 aromatic rings. The van der Waals surface area contributed by atoms with E-state index in [4.69, 9.17) is 0 Å². The fraction of sp³-hybridized carbons (Fsp3) is 0.571. The second-order valence-corrected chi connectivity index (χ2v) is 4.37. The summed E-state index contributed by atoms with van der Waals surface area (Å²) in [5.41, 5.74) is 0.384. The molecule has 0 aliphatic rings. The Labute approximate surface area is 108 Å². The predicted molar refractivity (Wildman–Crippen MR) is 70.6 cm³/mol.